The monoisotopic (exact) mass is 395 g/mol. The van der Waals surface area contributed by atoms with Gasteiger partial charge in [-0.2, -0.15) is 0 Å². The number of ether oxygens (including phenoxy) is 1. The fourth-order valence-electron chi connectivity index (χ4n) is 2.79. The zero-order valence-electron chi connectivity index (χ0n) is 15.6. The van der Waals surface area contributed by atoms with Crippen LogP contribution in [0.5, 0.6) is 0 Å². The molecule has 1 aliphatic carbocycles. The van der Waals surface area contributed by atoms with Crippen molar-refractivity contribution < 1.29 is 23.9 Å². The topological polar surface area (TPSA) is 114 Å². The van der Waals surface area contributed by atoms with Crippen LogP contribution in [-0.2, 0) is 32.0 Å². The molecule has 0 bridgehead atoms. The Hall–Kier alpha value is -2.42. The molecule has 0 spiro atoms. The van der Waals surface area contributed by atoms with Crippen LogP contribution in [0, 0.1) is 0 Å². The number of thiophene rings is 1. The first-order chi connectivity index (χ1) is 12.9. The average molecular weight is 395 g/mol. The van der Waals surface area contributed by atoms with Crippen molar-refractivity contribution in [3.8, 4) is 0 Å². The molecule has 27 heavy (non-hydrogen) atoms. The molecule has 0 atom stereocenters. The van der Waals surface area contributed by atoms with E-state index in [1.165, 1.54) is 18.3 Å². The molecule has 1 aromatic heterocycles. The first kappa shape index (κ1) is 20.9. The Labute approximate surface area is 162 Å². The van der Waals surface area contributed by atoms with Gasteiger partial charge in [0.15, 0.2) is 6.61 Å². The lowest BCUT2D eigenvalue weighted by molar-refractivity contribution is -0.127. The third-order valence-electron chi connectivity index (χ3n) is 4.02. The van der Waals surface area contributed by atoms with Crippen LogP contribution in [0.4, 0.5) is 5.00 Å². The quantitative estimate of drug-likeness (QED) is 0.576. The van der Waals surface area contributed by atoms with Crippen LogP contribution in [-0.4, -0.2) is 43.4 Å². The first-order valence-corrected chi connectivity index (χ1v) is 9.86. The van der Waals surface area contributed by atoms with Crippen LogP contribution < -0.4 is 16.0 Å². The van der Waals surface area contributed by atoms with E-state index in [-0.39, 0.29) is 18.4 Å². The van der Waals surface area contributed by atoms with E-state index in [2.05, 4.69) is 16.0 Å². The summed E-state index contributed by atoms with van der Waals surface area (Å²) in [6, 6.07) is 0. The van der Waals surface area contributed by atoms with Crippen molar-refractivity contribution in [2.24, 2.45) is 0 Å². The van der Waals surface area contributed by atoms with Crippen LogP contribution in [0.3, 0.4) is 0 Å². The summed E-state index contributed by atoms with van der Waals surface area (Å²) < 4.78 is 5.12. The number of carbonyl (C=O) groups excluding carboxylic acids is 4. The highest BCUT2D eigenvalue weighted by molar-refractivity contribution is 7.17. The molecule has 9 heteroatoms. The number of fused-ring (bicyclic) bond motifs is 1. The maximum absolute atomic E-state index is 12.5. The molecular formula is C18H25N3O5S. The van der Waals surface area contributed by atoms with Gasteiger partial charge < -0.3 is 20.7 Å². The SMILES string of the molecule is CCCNC(=O)CNC(=O)COC(=O)c1c(NC(C)=O)sc2c1CCCC2. The number of hydrogen-bond acceptors (Lipinski definition) is 6. The summed E-state index contributed by atoms with van der Waals surface area (Å²) in [5, 5.41) is 8.20. The van der Waals surface area contributed by atoms with Crippen LogP contribution in [0.2, 0.25) is 0 Å². The van der Waals surface area contributed by atoms with Crippen molar-refractivity contribution >= 4 is 40.0 Å². The fraction of sp³-hybridized carbons (Fsp3) is 0.556. The largest absolute Gasteiger partial charge is 0.452 e. The molecule has 3 amide bonds. The highest BCUT2D eigenvalue weighted by Gasteiger charge is 2.27. The molecule has 0 saturated carbocycles. The number of nitrogens with one attached hydrogen (secondary N) is 3. The second-order valence-electron chi connectivity index (χ2n) is 6.30. The summed E-state index contributed by atoms with van der Waals surface area (Å²) in [4.78, 5) is 48.3. The van der Waals surface area contributed by atoms with Gasteiger partial charge in [-0.15, -0.1) is 11.3 Å². The zero-order valence-corrected chi connectivity index (χ0v) is 16.4. The average Bonchev–Trinajstić information content (AvgIpc) is 2.99. The summed E-state index contributed by atoms with van der Waals surface area (Å²) >= 11 is 1.39. The van der Waals surface area contributed by atoms with Gasteiger partial charge in [-0.05, 0) is 37.7 Å². The van der Waals surface area contributed by atoms with Crippen LogP contribution in [0.15, 0.2) is 0 Å². The number of hydrogen-bond donors (Lipinski definition) is 3. The second kappa shape index (κ2) is 10.1. The third-order valence-corrected chi connectivity index (χ3v) is 5.22. The van der Waals surface area contributed by atoms with Crippen molar-refractivity contribution in [1.82, 2.24) is 10.6 Å². The molecule has 1 aliphatic rings. The first-order valence-electron chi connectivity index (χ1n) is 9.05. The standard InChI is InChI=1S/C18H25N3O5S/c1-3-8-19-14(23)9-20-15(24)10-26-18(25)16-12-6-4-5-7-13(12)27-17(16)21-11(2)22/h3-10H2,1-2H3,(H,19,23)(H,20,24)(H,21,22). The highest BCUT2D eigenvalue weighted by Crippen LogP contribution is 2.38. The number of rotatable bonds is 8. The number of aryl methyl sites for hydroxylation is 1. The summed E-state index contributed by atoms with van der Waals surface area (Å²) in [7, 11) is 0. The molecule has 0 fully saturated rings. The van der Waals surface area contributed by atoms with Gasteiger partial charge in [0.1, 0.15) is 5.00 Å². The number of carbonyl (C=O) groups is 4. The zero-order chi connectivity index (χ0) is 19.8. The normalized spacial score (nSPS) is 12.7. The Bertz CT molecular complexity index is 729. The van der Waals surface area contributed by atoms with E-state index < -0.39 is 18.5 Å². The van der Waals surface area contributed by atoms with Gasteiger partial charge in [0.05, 0.1) is 12.1 Å². The molecule has 0 aliphatic heterocycles. The minimum absolute atomic E-state index is 0.165. The van der Waals surface area contributed by atoms with Gasteiger partial charge in [0.2, 0.25) is 11.8 Å². The van der Waals surface area contributed by atoms with Gasteiger partial charge >= 0.3 is 5.97 Å². The highest BCUT2D eigenvalue weighted by atomic mass is 32.1. The molecule has 3 N–H and O–H groups in total. The minimum atomic E-state index is -0.635. The van der Waals surface area contributed by atoms with Gasteiger partial charge in [-0.1, -0.05) is 6.92 Å². The van der Waals surface area contributed by atoms with Crippen molar-refractivity contribution in [3.63, 3.8) is 0 Å². The van der Waals surface area contributed by atoms with E-state index in [9.17, 15) is 19.2 Å². The summed E-state index contributed by atoms with van der Waals surface area (Å²) in [5.74, 6) is -1.75. The smallest absolute Gasteiger partial charge is 0.341 e. The van der Waals surface area contributed by atoms with E-state index in [0.29, 0.717) is 17.1 Å². The van der Waals surface area contributed by atoms with Crippen LogP contribution >= 0.6 is 11.3 Å². The molecule has 0 aromatic carbocycles. The minimum Gasteiger partial charge on any atom is -0.452 e. The van der Waals surface area contributed by atoms with E-state index in [1.54, 1.807) is 0 Å². The van der Waals surface area contributed by atoms with Gasteiger partial charge in [-0.3, -0.25) is 14.4 Å². The van der Waals surface area contributed by atoms with Crippen molar-refractivity contribution in [3.05, 3.63) is 16.0 Å². The third kappa shape index (κ3) is 6.06. The maximum atomic E-state index is 12.5. The Balaban J connectivity index is 1.95. The van der Waals surface area contributed by atoms with E-state index in [4.69, 9.17) is 4.74 Å². The molecule has 1 aromatic rings. The molecule has 0 radical (unpaired) electrons. The van der Waals surface area contributed by atoms with E-state index >= 15 is 0 Å². The lowest BCUT2D eigenvalue weighted by Gasteiger charge is -2.12. The van der Waals surface area contributed by atoms with Gasteiger partial charge in [0.25, 0.3) is 5.91 Å². The fourth-order valence-corrected chi connectivity index (χ4v) is 4.11. The van der Waals surface area contributed by atoms with E-state index in [0.717, 1.165) is 42.5 Å². The lowest BCUT2D eigenvalue weighted by atomic mass is 9.95. The molecule has 8 nitrogen and oxygen atoms in total. The van der Waals surface area contributed by atoms with Gasteiger partial charge in [0, 0.05) is 18.3 Å². The Morgan fingerprint density at radius 3 is 2.52 bits per heavy atom. The van der Waals surface area contributed by atoms with Crippen molar-refractivity contribution in [1.29, 1.82) is 0 Å². The molecule has 1 heterocycles. The van der Waals surface area contributed by atoms with Crippen molar-refractivity contribution in [2.75, 3.05) is 25.0 Å². The molecule has 2 rings (SSSR count). The van der Waals surface area contributed by atoms with E-state index in [1.807, 2.05) is 6.92 Å². The maximum Gasteiger partial charge on any atom is 0.341 e. The van der Waals surface area contributed by atoms with Crippen LogP contribution in [0.1, 0.15) is 53.9 Å². The second-order valence-corrected chi connectivity index (χ2v) is 7.40. The summed E-state index contributed by atoms with van der Waals surface area (Å²) in [5.41, 5.74) is 1.25. The van der Waals surface area contributed by atoms with Crippen LogP contribution in [0.25, 0.3) is 0 Å². The number of esters is 1. The molecule has 0 saturated heterocycles. The van der Waals surface area contributed by atoms with Gasteiger partial charge in [-0.25, -0.2) is 4.79 Å². The Kier molecular flexibility index (Phi) is 7.78. The summed E-state index contributed by atoms with van der Waals surface area (Å²) in [6.45, 7) is 3.20. The molecule has 148 valence electrons. The number of anilines is 1. The van der Waals surface area contributed by atoms with Crippen molar-refractivity contribution in [2.45, 2.75) is 46.0 Å². The Morgan fingerprint density at radius 2 is 1.81 bits per heavy atom. The Morgan fingerprint density at radius 1 is 1.07 bits per heavy atom. The predicted octanol–water partition coefficient (Wildman–Crippen LogP) is 1.38. The summed E-state index contributed by atoms with van der Waals surface area (Å²) in [6.07, 6.45) is 4.44. The molecular weight excluding hydrogens is 370 g/mol. The lowest BCUT2D eigenvalue weighted by Crippen LogP contribution is -2.39. The predicted molar refractivity (Wildman–Crippen MR) is 102 cm³/mol. The number of amides is 3. The molecule has 0 unspecified atom stereocenters.